The highest BCUT2D eigenvalue weighted by Gasteiger charge is 2.49. The molecule has 0 unspecified atom stereocenters. The predicted molar refractivity (Wildman–Crippen MR) is 88.0 cm³/mol. The van der Waals surface area contributed by atoms with Crippen molar-refractivity contribution in [3.63, 3.8) is 0 Å². The molecular weight excluding hydrogens is 276 g/mol. The minimum atomic E-state index is 0.166. The lowest BCUT2D eigenvalue weighted by molar-refractivity contribution is -0.118. The van der Waals surface area contributed by atoms with E-state index >= 15 is 0 Å². The molecule has 2 aliphatic rings. The Bertz CT molecular complexity index is 535. The number of anilines is 1. The first kappa shape index (κ1) is 15.4. The highest BCUT2D eigenvalue weighted by Crippen LogP contribution is 2.43. The van der Waals surface area contributed by atoms with Gasteiger partial charge in [-0.05, 0) is 31.9 Å². The number of aryl methyl sites for hydroxylation is 1. The van der Waals surface area contributed by atoms with Crippen LogP contribution in [0.4, 0.5) is 5.82 Å². The van der Waals surface area contributed by atoms with Crippen molar-refractivity contribution in [3.8, 4) is 0 Å². The number of piperazine rings is 1. The Labute approximate surface area is 132 Å². The average molecular weight is 302 g/mol. The summed E-state index contributed by atoms with van der Waals surface area (Å²) in [5.74, 6) is 0.966. The quantitative estimate of drug-likeness (QED) is 0.897. The third-order valence-electron chi connectivity index (χ3n) is 4.82. The van der Waals surface area contributed by atoms with E-state index in [4.69, 9.17) is 0 Å². The molecule has 1 saturated carbocycles. The second-order valence-electron chi connectivity index (χ2n) is 6.43. The lowest BCUT2D eigenvalue weighted by Crippen LogP contribution is -2.54. The summed E-state index contributed by atoms with van der Waals surface area (Å²) in [5.41, 5.74) is 1.14. The van der Waals surface area contributed by atoms with Crippen molar-refractivity contribution in [2.75, 3.05) is 37.6 Å². The molecule has 5 nitrogen and oxygen atoms in total. The van der Waals surface area contributed by atoms with Crippen molar-refractivity contribution in [3.05, 3.63) is 23.9 Å². The van der Waals surface area contributed by atoms with Gasteiger partial charge in [-0.15, -0.1) is 0 Å². The van der Waals surface area contributed by atoms with Crippen molar-refractivity contribution in [1.29, 1.82) is 0 Å². The Hall–Kier alpha value is -1.46. The Morgan fingerprint density at radius 2 is 2.09 bits per heavy atom. The van der Waals surface area contributed by atoms with Crippen LogP contribution in [0.2, 0.25) is 0 Å². The van der Waals surface area contributed by atoms with Crippen molar-refractivity contribution in [2.24, 2.45) is 0 Å². The number of rotatable bonds is 5. The van der Waals surface area contributed by atoms with Gasteiger partial charge < -0.3 is 5.32 Å². The second kappa shape index (κ2) is 6.34. The molecule has 0 radical (unpaired) electrons. The standard InChI is InChI=1S/C17H26N4O/c1-3-16(22)21(15-6-4-5-14(2)19-15)13-17(7-8-17)20-11-9-18-10-12-20/h4-6,18H,3,7-13H2,1-2H3. The molecule has 22 heavy (non-hydrogen) atoms. The van der Waals surface area contributed by atoms with Gasteiger partial charge >= 0.3 is 0 Å². The number of amides is 1. The molecule has 1 aromatic rings. The zero-order chi connectivity index (χ0) is 15.6. The number of pyridine rings is 1. The molecule has 0 bridgehead atoms. The van der Waals surface area contributed by atoms with E-state index in [1.807, 2.05) is 36.9 Å². The van der Waals surface area contributed by atoms with Crippen LogP contribution in [-0.4, -0.2) is 54.1 Å². The zero-order valence-electron chi connectivity index (χ0n) is 13.6. The monoisotopic (exact) mass is 302 g/mol. The van der Waals surface area contributed by atoms with E-state index in [9.17, 15) is 4.79 Å². The van der Waals surface area contributed by atoms with Gasteiger partial charge in [0.15, 0.2) is 0 Å². The summed E-state index contributed by atoms with van der Waals surface area (Å²) >= 11 is 0. The molecule has 1 aliphatic heterocycles. The van der Waals surface area contributed by atoms with Crippen LogP contribution in [0.15, 0.2) is 18.2 Å². The third-order valence-corrected chi connectivity index (χ3v) is 4.82. The molecule has 3 rings (SSSR count). The summed E-state index contributed by atoms with van der Waals surface area (Å²) in [5, 5.41) is 3.41. The van der Waals surface area contributed by atoms with Crippen molar-refractivity contribution in [2.45, 2.75) is 38.6 Å². The molecule has 2 fully saturated rings. The van der Waals surface area contributed by atoms with Gasteiger partial charge in [0.2, 0.25) is 5.91 Å². The first-order valence-electron chi connectivity index (χ1n) is 8.34. The minimum absolute atomic E-state index is 0.166. The van der Waals surface area contributed by atoms with Crippen molar-refractivity contribution >= 4 is 11.7 Å². The molecule has 0 spiro atoms. The van der Waals surface area contributed by atoms with E-state index < -0.39 is 0 Å². The average Bonchev–Trinajstić information content (AvgIpc) is 3.34. The molecular formula is C17H26N4O. The van der Waals surface area contributed by atoms with Crippen molar-refractivity contribution in [1.82, 2.24) is 15.2 Å². The van der Waals surface area contributed by atoms with Gasteiger partial charge in [-0.1, -0.05) is 13.0 Å². The molecule has 0 atom stereocenters. The summed E-state index contributed by atoms with van der Waals surface area (Å²) in [4.78, 5) is 21.5. The first-order valence-corrected chi connectivity index (χ1v) is 8.34. The van der Waals surface area contributed by atoms with Gasteiger partial charge in [-0.2, -0.15) is 0 Å². The number of hydrogen-bond donors (Lipinski definition) is 1. The number of hydrogen-bond acceptors (Lipinski definition) is 4. The summed E-state index contributed by atoms with van der Waals surface area (Å²) in [6.07, 6.45) is 2.89. The molecule has 1 N–H and O–H groups in total. The van der Waals surface area contributed by atoms with Gasteiger partial charge in [-0.3, -0.25) is 14.6 Å². The fraction of sp³-hybridized carbons (Fsp3) is 0.647. The molecule has 0 aromatic carbocycles. The van der Waals surface area contributed by atoms with Crippen LogP contribution in [0.3, 0.4) is 0 Å². The first-order chi connectivity index (χ1) is 10.6. The molecule has 2 heterocycles. The van der Waals surface area contributed by atoms with Crippen LogP contribution in [0.25, 0.3) is 0 Å². The normalized spacial score (nSPS) is 20.6. The number of carbonyl (C=O) groups excluding carboxylic acids is 1. The predicted octanol–water partition coefficient (Wildman–Crippen LogP) is 1.57. The maximum atomic E-state index is 12.5. The maximum absolute atomic E-state index is 12.5. The maximum Gasteiger partial charge on any atom is 0.227 e. The summed E-state index contributed by atoms with van der Waals surface area (Å²) < 4.78 is 0. The van der Waals surface area contributed by atoms with Crippen LogP contribution in [0.1, 0.15) is 31.9 Å². The number of nitrogens with one attached hydrogen (secondary N) is 1. The Kier molecular flexibility index (Phi) is 4.45. The molecule has 1 aromatic heterocycles. The number of aromatic nitrogens is 1. The van der Waals surface area contributed by atoms with E-state index in [1.165, 1.54) is 12.8 Å². The highest BCUT2D eigenvalue weighted by atomic mass is 16.2. The van der Waals surface area contributed by atoms with E-state index in [1.54, 1.807) is 0 Å². The molecule has 120 valence electrons. The minimum Gasteiger partial charge on any atom is -0.314 e. The van der Waals surface area contributed by atoms with E-state index in [0.717, 1.165) is 44.2 Å². The van der Waals surface area contributed by atoms with Crippen LogP contribution < -0.4 is 10.2 Å². The topological polar surface area (TPSA) is 48.5 Å². The Morgan fingerprint density at radius 1 is 1.36 bits per heavy atom. The molecule has 1 saturated heterocycles. The van der Waals surface area contributed by atoms with Gasteiger partial charge in [0.05, 0.1) is 0 Å². The number of nitrogens with zero attached hydrogens (tertiary/aromatic N) is 3. The smallest absolute Gasteiger partial charge is 0.227 e. The van der Waals surface area contributed by atoms with Crippen LogP contribution in [-0.2, 0) is 4.79 Å². The van der Waals surface area contributed by atoms with Crippen LogP contribution >= 0.6 is 0 Å². The second-order valence-corrected chi connectivity index (χ2v) is 6.43. The van der Waals surface area contributed by atoms with Crippen LogP contribution in [0, 0.1) is 6.92 Å². The SMILES string of the molecule is CCC(=O)N(CC1(N2CCNCC2)CC1)c1cccc(C)n1. The van der Waals surface area contributed by atoms with Crippen molar-refractivity contribution < 1.29 is 4.79 Å². The number of carbonyl (C=O) groups is 1. The van der Waals surface area contributed by atoms with Gasteiger partial charge in [0, 0.05) is 50.4 Å². The molecule has 1 aliphatic carbocycles. The van der Waals surface area contributed by atoms with E-state index in [0.29, 0.717) is 6.42 Å². The lowest BCUT2D eigenvalue weighted by Gasteiger charge is -2.38. The van der Waals surface area contributed by atoms with E-state index in [2.05, 4.69) is 15.2 Å². The fourth-order valence-electron chi connectivity index (χ4n) is 3.32. The van der Waals surface area contributed by atoms with E-state index in [-0.39, 0.29) is 11.4 Å². The molecule has 5 heteroatoms. The van der Waals surface area contributed by atoms with Crippen LogP contribution in [0.5, 0.6) is 0 Å². The Balaban J connectivity index is 1.80. The fourth-order valence-corrected chi connectivity index (χ4v) is 3.32. The third kappa shape index (κ3) is 3.15. The van der Waals surface area contributed by atoms with Gasteiger partial charge in [0.1, 0.15) is 5.82 Å². The highest BCUT2D eigenvalue weighted by molar-refractivity contribution is 5.92. The lowest BCUT2D eigenvalue weighted by atomic mass is 10.1. The summed E-state index contributed by atoms with van der Waals surface area (Å²) in [7, 11) is 0. The summed E-state index contributed by atoms with van der Waals surface area (Å²) in [6.45, 7) is 8.93. The largest absolute Gasteiger partial charge is 0.314 e. The molecule has 1 amide bonds. The Morgan fingerprint density at radius 3 is 2.68 bits per heavy atom. The summed E-state index contributed by atoms with van der Waals surface area (Å²) in [6, 6.07) is 5.91. The van der Waals surface area contributed by atoms with Gasteiger partial charge in [0.25, 0.3) is 0 Å². The zero-order valence-corrected chi connectivity index (χ0v) is 13.6. The van der Waals surface area contributed by atoms with Gasteiger partial charge in [-0.25, -0.2) is 4.98 Å².